The van der Waals surface area contributed by atoms with Crippen molar-refractivity contribution >= 4 is 11.8 Å². The number of carbonyl (C=O) groups is 1. The fourth-order valence-corrected chi connectivity index (χ4v) is 5.23. The SMILES string of the molecule is COc1ccc([C@H]2OC[C@@]3(COC(=O)Nc4ccccc4)[C@@H](C)C=C(C)[C@H]2[C@@H]3C)cc1. The Morgan fingerprint density at radius 1 is 1.13 bits per heavy atom. The van der Waals surface area contributed by atoms with E-state index >= 15 is 0 Å². The van der Waals surface area contributed by atoms with Crippen LogP contribution in [0, 0.1) is 23.2 Å². The Hall–Kier alpha value is -2.79. The molecule has 31 heavy (non-hydrogen) atoms. The Labute approximate surface area is 184 Å². The Kier molecular flexibility index (Phi) is 6.05. The van der Waals surface area contributed by atoms with E-state index in [1.807, 2.05) is 42.5 Å². The maximum Gasteiger partial charge on any atom is 0.411 e. The molecular weight excluding hydrogens is 390 g/mol. The molecule has 164 valence electrons. The van der Waals surface area contributed by atoms with Crippen molar-refractivity contribution in [2.24, 2.45) is 23.2 Å². The van der Waals surface area contributed by atoms with E-state index in [4.69, 9.17) is 14.2 Å². The first-order chi connectivity index (χ1) is 14.9. The lowest BCUT2D eigenvalue weighted by Gasteiger charge is -2.55. The minimum Gasteiger partial charge on any atom is -0.497 e. The first-order valence-corrected chi connectivity index (χ1v) is 10.9. The van der Waals surface area contributed by atoms with Gasteiger partial charge in [-0.2, -0.15) is 0 Å². The summed E-state index contributed by atoms with van der Waals surface area (Å²) in [6, 6.07) is 17.5. The van der Waals surface area contributed by atoms with Crippen LogP contribution in [0.2, 0.25) is 0 Å². The molecule has 1 N–H and O–H groups in total. The van der Waals surface area contributed by atoms with E-state index in [0.29, 0.717) is 19.1 Å². The summed E-state index contributed by atoms with van der Waals surface area (Å²) in [5.74, 6) is 1.63. The first kappa shape index (κ1) is 21.4. The molecule has 4 rings (SSSR count). The van der Waals surface area contributed by atoms with Gasteiger partial charge in [0, 0.05) is 17.0 Å². The predicted octanol–water partition coefficient (Wildman–Crippen LogP) is 5.85. The Balaban J connectivity index is 1.51. The maximum absolute atomic E-state index is 12.4. The van der Waals surface area contributed by atoms with Crippen molar-refractivity contribution in [3.05, 3.63) is 71.8 Å². The van der Waals surface area contributed by atoms with Crippen LogP contribution in [0.5, 0.6) is 5.75 Å². The summed E-state index contributed by atoms with van der Waals surface area (Å²) < 4.78 is 17.5. The number of allylic oxidation sites excluding steroid dienone is 1. The lowest BCUT2D eigenvalue weighted by atomic mass is 9.56. The summed E-state index contributed by atoms with van der Waals surface area (Å²) in [5.41, 5.74) is 2.96. The fourth-order valence-electron chi connectivity index (χ4n) is 5.23. The lowest BCUT2D eigenvalue weighted by Crippen LogP contribution is -2.54. The second-order valence-electron chi connectivity index (χ2n) is 8.82. The molecular formula is C26H31NO4. The second-order valence-corrected chi connectivity index (χ2v) is 8.82. The third-order valence-electron chi connectivity index (χ3n) is 7.19. The number of ether oxygens (including phenoxy) is 3. The molecule has 2 aliphatic rings. The number of benzene rings is 2. The van der Waals surface area contributed by atoms with Crippen LogP contribution in [0.4, 0.5) is 10.5 Å². The number of hydrogen-bond acceptors (Lipinski definition) is 4. The van der Waals surface area contributed by atoms with Crippen molar-refractivity contribution in [3.8, 4) is 5.75 Å². The van der Waals surface area contributed by atoms with Crippen LogP contribution >= 0.6 is 0 Å². The average molecular weight is 422 g/mol. The topological polar surface area (TPSA) is 56.8 Å². The monoisotopic (exact) mass is 421 g/mol. The van der Waals surface area contributed by atoms with Gasteiger partial charge < -0.3 is 14.2 Å². The molecule has 0 aromatic heterocycles. The number of para-hydroxylation sites is 1. The van der Waals surface area contributed by atoms with E-state index in [2.05, 4.69) is 44.3 Å². The van der Waals surface area contributed by atoms with E-state index in [-0.39, 0.29) is 23.4 Å². The van der Waals surface area contributed by atoms with Crippen molar-refractivity contribution in [1.82, 2.24) is 0 Å². The molecule has 1 saturated heterocycles. The molecule has 0 radical (unpaired) electrons. The molecule has 2 bridgehead atoms. The van der Waals surface area contributed by atoms with E-state index in [1.54, 1.807) is 7.11 Å². The van der Waals surface area contributed by atoms with Gasteiger partial charge in [0.2, 0.25) is 0 Å². The number of amides is 1. The largest absolute Gasteiger partial charge is 0.497 e. The molecule has 2 aromatic rings. The summed E-state index contributed by atoms with van der Waals surface area (Å²) >= 11 is 0. The number of hydrogen-bond donors (Lipinski definition) is 1. The average Bonchev–Trinajstić information content (AvgIpc) is 2.77. The highest BCUT2D eigenvalue weighted by atomic mass is 16.6. The Bertz CT molecular complexity index is 940. The van der Waals surface area contributed by atoms with Gasteiger partial charge >= 0.3 is 6.09 Å². The first-order valence-electron chi connectivity index (χ1n) is 10.9. The lowest BCUT2D eigenvalue weighted by molar-refractivity contribution is -0.165. The number of rotatable bonds is 5. The molecule has 1 aliphatic carbocycles. The summed E-state index contributed by atoms with van der Waals surface area (Å²) in [6.07, 6.45) is 1.89. The van der Waals surface area contributed by atoms with E-state index in [1.165, 1.54) is 5.57 Å². The number of carbonyl (C=O) groups excluding carboxylic acids is 1. The second kappa shape index (κ2) is 8.75. The van der Waals surface area contributed by atoms with Crippen LogP contribution in [0.25, 0.3) is 0 Å². The van der Waals surface area contributed by atoms with Crippen LogP contribution in [-0.2, 0) is 9.47 Å². The summed E-state index contributed by atoms with van der Waals surface area (Å²) in [4.78, 5) is 12.4. The molecule has 1 amide bonds. The molecule has 2 aromatic carbocycles. The van der Waals surface area contributed by atoms with Crippen LogP contribution in [-0.4, -0.2) is 26.4 Å². The normalized spacial score (nSPS) is 29.6. The Morgan fingerprint density at radius 2 is 1.84 bits per heavy atom. The summed E-state index contributed by atoms with van der Waals surface area (Å²) in [5, 5.41) is 2.81. The molecule has 1 heterocycles. The molecule has 5 nitrogen and oxygen atoms in total. The van der Waals surface area contributed by atoms with Crippen LogP contribution in [0.1, 0.15) is 32.4 Å². The maximum atomic E-state index is 12.4. The van der Waals surface area contributed by atoms with Gasteiger partial charge in [-0.3, -0.25) is 5.32 Å². The zero-order valence-corrected chi connectivity index (χ0v) is 18.6. The molecule has 5 atom stereocenters. The van der Waals surface area contributed by atoms with Crippen molar-refractivity contribution in [1.29, 1.82) is 0 Å². The smallest absolute Gasteiger partial charge is 0.411 e. The molecule has 0 spiro atoms. The zero-order chi connectivity index (χ0) is 22.0. The van der Waals surface area contributed by atoms with E-state index in [0.717, 1.165) is 17.0 Å². The third kappa shape index (κ3) is 4.07. The highest BCUT2D eigenvalue weighted by Crippen LogP contribution is 2.56. The third-order valence-corrected chi connectivity index (χ3v) is 7.19. The Morgan fingerprint density at radius 3 is 2.52 bits per heavy atom. The minimum atomic E-state index is -0.430. The number of anilines is 1. The van der Waals surface area contributed by atoms with Crippen molar-refractivity contribution < 1.29 is 19.0 Å². The van der Waals surface area contributed by atoms with Gasteiger partial charge in [0.15, 0.2) is 0 Å². The molecule has 1 aliphatic heterocycles. The molecule has 0 unspecified atom stereocenters. The summed E-state index contributed by atoms with van der Waals surface area (Å²) in [7, 11) is 1.67. The minimum absolute atomic E-state index is 0.0177. The zero-order valence-electron chi connectivity index (χ0n) is 18.6. The molecule has 5 heteroatoms. The van der Waals surface area contributed by atoms with Crippen molar-refractivity contribution in [2.75, 3.05) is 25.6 Å². The van der Waals surface area contributed by atoms with Gasteiger partial charge in [-0.25, -0.2) is 4.79 Å². The van der Waals surface area contributed by atoms with Gasteiger partial charge in [0.05, 0.1) is 19.8 Å². The van der Waals surface area contributed by atoms with Crippen molar-refractivity contribution in [2.45, 2.75) is 26.9 Å². The van der Waals surface area contributed by atoms with Crippen LogP contribution in [0.3, 0.4) is 0 Å². The molecule has 1 fully saturated rings. The molecule has 0 saturated carbocycles. The van der Waals surface area contributed by atoms with Crippen LogP contribution < -0.4 is 10.1 Å². The van der Waals surface area contributed by atoms with Gasteiger partial charge in [-0.1, -0.05) is 55.8 Å². The van der Waals surface area contributed by atoms with Gasteiger partial charge in [0.25, 0.3) is 0 Å². The van der Waals surface area contributed by atoms with E-state index in [9.17, 15) is 4.79 Å². The number of fused-ring (bicyclic) bond motifs is 2. The van der Waals surface area contributed by atoms with Gasteiger partial charge in [-0.15, -0.1) is 0 Å². The van der Waals surface area contributed by atoms with Crippen molar-refractivity contribution in [3.63, 3.8) is 0 Å². The van der Waals surface area contributed by atoms with Gasteiger partial charge in [-0.05, 0) is 48.6 Å². The highest BCUT2D eigenvalue weighted by Gasteiger charge is 2.54. The van der Waals surface area contributed by atoms with Crippen LogP contribution in [0.15, 0.2) is 66.2 Å². The number of methoxy groups -OCH3 is 1. The number of nitrogens with one attached hydrogen (secondary N) is 1. The fraction of sp³-hybridized carbons (Fsp3) is 0.423. The highest BCUT2D eigenvalue weighted by molar-refractivity contribution is 5.84. The quantitative estimate of drug-likeness (QED) is 0.615. The van der Waals surface area contributed by atoms with E-state index < -0.39 is 6.09 Å². The van der Waals surface area contributed by atoms with Gasteiger partial charge in [0.1, 0.15) is 12.4 Å². The predicted molar refractivity (Wildman–Crippen MR) is 121 cm³/mol. The standard InChI is InChI=1S/C26H31NO4/c1-17-14-18(2)26(16-31-25(28)27-21-8-6-5-7-9-21)15-30-24(23(17)19(26)3)20-10-12-22(29-4)13-11-20/h5-14,18-19,23-24H,15-16H2,1-4H3,(H,27,28)/t18-,19-,23-,24+,26+/m0/s1. The summed E-state index contributed by atoms with van der Waals surface area (Å²) in [6.45, 7) is 7.53.